The molecule has 0 aliphatic rings. The van der Waals surface area contributed by atoms with Crippen LogP contribution in [-0.4, -0.2) is 41.7 Å². The molecule has 0 saturated heterocycles. The number of nitrogens with one attached hydrogen (secondary N) is 1. The number of hydrogen-bond donors (Lipinski definition) is 2. The van der Waals surface area contributed by atoms with E-state index in [0.29, 0.717) is 0 Å². The molecule has 0 rings (SSSR count). The first-order valence-corrected chi connectivity index (χ1v) is 4.22. The highest BCUT2D eigenvalue weighted by Crippen LogP contribution is 2.30. The minimum Gasteiger partial charge on any atom is -0.462 e. The fraction of sp³-hybridized carbons (Fsp3) is 0.714. The molecule has 106 valence electrons. The van der Waals surface area contributed by atoms with Crippen LogP contribution in [0.5, 0.6) is 0 Å². The Bertz CT molecular complexity index is 338. The first-order valence-electron chi connectivity index (χ1n) is 4.22. The van der Waals surface area contributed by atoms with Gasteiger partial charge in [-0.25, -0.2) is 4.79 Å². The highest BCUT2D eigenvalue weighted by Gasteiger charge is 2.64. The summed E-state index contributed by atoms with van der Waals surface area (Å²) in [6.07, 6.45) is -11.6. The Morgan fingerprint density at radius 2 is 1.61 bits per heavy atom. The lowest BCUT2D eigenvalue weighted by Gasteiger charge is -2.28. The fourth-order valence-electron chi connectivity index (χ4n) is 0.708. The minimum absolute atomic E-state index is 0.150. The van der Waals surface area contributed by atoms with Crippen molar-refractivity contribution in [2.75, 3.05) is 6.61 Å². The smallest absolute Gasteiger partial charge is 0.462 e. The van der Waals surface area contributed by atoms with Gasteiger partial charge in [0.05, 0.1) is 6.61 Å². The minimum atomic E-state index is -5.87. The molecule has 0 aromatic heterocycles. The average Bonchev–Trinajstić information content (AvgIpc) is 2.14. The third-order valence-electron chi connectivity index (χ3n) is 1.53. The van der Waals surface area contributed by atoms with Crippen LogP contribution < -0.4 is 5.32 Å². The number of rotatable bonds is 3. The molecule has 11 heteroatoms. The number of carbonyl (C=O) groups is 2. The summed E-state index contributed by atoms with van der Waals surface area (Å²) in [5, 5.41) is 9.00. The van der Waals surface area contributed by atoms with Crippen molar-refractivity contribution in [3.63, 3.8) is 0 Å². The highest BCUT2D eigenvalue weighted by molar-refractivity contribution is 5.89. The predicted octanol–water partition coefficient (Wildman–Crippen LogP) is 0.479. The number of aliphatic hydroxyl groups is 1. The quantitative estimate of drug-likeness (QED) is 0.449. The molecule has 2 N–H and O–H groups in total. The van der Waals surface area contributed by atoms with Gasteiger partial charge in [0, 0.05) is 0 Å². The molecular formula is C7H7F6NO4. The van der Waals surface area contributed by atoms with Crippen LogP contribution in [0.15, 0.2) is 0 Å². The van der Waals surface area contributed by atoms with Crippen LogP contribution in [0.4, 0.5) is 26.3 Å². The Labute approximate surface area is 95.7 Å². The van der Waals surface area contributed by atoms with Gasteiger partial charge in [-0.1, -0.05) is 0 Å². The summed E-state index contributed by atoms with van der Waals surface area (Å²) in [6.45, 7) is 0.416. The van der Waals surface area contributed by atoms with E-state index < -0.39 is 36.6 Å². The van der Waals surface area contributed by atoms with Crippen molar-refractivity contribution in [1.82, 2.24) is 5.32 Å². The number of alkyl halides is 6. The Hall–Kier alpha value is -1.52. The number of ether oxygens (including phenoxy) is 1. The van der Waals surface area contributed by atoms with E-state index in [9.17, 15) is 35.9 Å². The molecule has 0 saturated carbocycles. The number of carbonyl (C=O) groups excluding carboxylic acids is 2. The summed E-state index contributed by atoms with van der Waals surface area (Å²) in [5.41, 5.74) is -4.75. The standard InChI is InChI=1S/C7H7F6NO4/c1-2-18-4(16)5(17,7(11,12)13)14-3(15)6(8,9)10/h17H,2H2,1H3,(H,14,15). The summed E-state index contributed by atoms with van der Waals surface area (Å²) >= 11 is 0. The van der Waals surface area contributed by atoms with Gasteiger partial charge >= 0.3 is 30.0 Å². The van der Waals surface area contributed by atoms with Crippen LogP contribution in [0.25, 0.3) is 0 Å². The van der Waals surface area contributed by atoms with Gasteiger partial charge in [0.25, 0.3) is 0 Å². The monoisotopic (exact) mass is 283 g/mol. The molecule has 0 aromatic carbocycles. The maximum atomic E-state index is 12.3. The second kappa shape index (κ2) is 5.00. The van der Waals surface area contributed by atoms with Gasteiger partial charge in [0.15, 0.2) is 0 Å². The van der Waals surface area contributed by atoms with Gasteiger partial charge in [-0.15, -0.1) is 0 Å². The van der Waals surface area contributed by atoms with E-state index in [1.165, 1.54) is 0 Å². The summed E-state index contributed by atoms with van der Waals surface area (Å²) < 4.78 is 76.0. The summed E-state index contributed by atoms with van der Waals surface area (Å²) in [6, 6.07) is 0. The van der Waals surface area contributed by atoms with Crippen LogP contribution in [0, 0.1) is 0 Å². The Kier molecular flexibility index (Phi) is 4.58. The zero-order valence-electron chi connectivity index (χ0n) is 8.65. The normalized spacial score (nSPS) is 15.8. The Balaban J connectivity index is 5.27. The molecule has 1 atom stereocenters. The lowest BCUT2D eigenvalue weighted by atomic mass is 10.2. The third-order valence-corrected chi connectivity index (χ3v) is 1.53. The molecule has 18 heavy (non-hydrogen) atoms. The second-order valence-electron chi connectivity index (χ2n) is 2.88. The van der Waals surface area contributed by atoms with Crippen LogP contribution in [0.1, 0.15) is 6.92 Å². The van der Waals surface area contributed by atoms with Gasteiger partial charge in [0.2, 0.25) is 0 Å². The van der Waals surface area contributed by atoms with Crippen LogP contribution in [0.3, 0.4) is 0 Å². The first-order chi connectivity index (χ1) is 7.86. The number of esters is 1. The second-order valence-corrected chi connectivity index (χ2v) is 2.88. The maximum absolute atomic E-state index is 12.3. The van der Waals surface area contributed by atoms with Crippen LogP contribution in [0.2, 0.25) is 0 Å². The van der Waals surface area contributed by atoms with E-state index in [4.69, 9.17) is 5.11 Å². The molecule has 0 heterocycles. The van der Waals surface area contributed by atoms with Crippen LogP contribution in [-0.2, 0) is 14.3 Å². The van der Waals surface area contributed by atoms with E-state index in [1.807, 2.05) is 0 Å². The first kappa shape index (κ1) is 16.5. The Morgan fingerprint density at radius 3 is 1.89 bits per heavy atom. The molecule has 0 aromatic rings. The van der Waals surface area contributed by atoms with Gasteiger partial charge in [-0.3, -0.25) is 4.79 Å². The summed E-state index contributed by atoms with van der Waals surface area (Å²) in [4.78, 5) is 21.1. The van der Waals surface area contributed by atoms with Crippen molar-refractivity contribution < 1.29 is 45.8 Å². The molecule has 0 fully saturated rings. The van der Waals surface area contributed by atoms with E-state index in [1.54, 1.807) is 0 Å². The van der Waals surface area contributed by atoms with E-state index in [-0.39, 0.29) is 5.32 Å². The number of halogens is 6. The van der Waals surface area contributed by atoms with E-state index >= 15 is 0 Å². The zero-order chi connectivity index (χ0) is 14.8. The summed E-state index contributed by atoms with van der Waals surface area (Å²) in [5.74, 6) is -5.59. The average molecular weight is 283 g/mol. The van der Waals surface area contributed by atoms with Crippen molar-refractivity contribution in [1.29, 1.82) is 0 Å². The van der Waals surface area contributed by atoms with Crippen LogP contribution >= 0.6 is 0 Å². The molecule has 1 amide bonds. The number of hydrogen-bond acceptors (Lipinski definition) is 4. The van der Waals surface area contributed by atoms with Gasteiger partial charge in [-0.05, 0) is 6.92 Å². The molecule has 0 aliphatic heterocycles. The van der Waals surface area contributed by atoms with Gasteiger partial charge < -0.3 is 15.2 Å². The lowest BCUT2D eigenvalue weighted by Crippen LogP contribution is -2.66. The van der Waals surface area contributed by atoms with E-state index in [0.717, 1.165) is 6.92 Å². The predicted molar refractivity (Wildman–Crippen MR) is 41.8 cm³/mol. The van der Waals surface area contributed by atoms with Gasteiger partial charge in [0.1, 0.15) is 0 Å². The van der Waals surface area contributed by atoms with Crippen molar-refractivity contribution in [2.24, 2.45) is 0 Å². The molecule has 1 unspecified atom stereocenters. The molecule has 0 spiro atoms. The SMILES string of the molecule is CCOC(=O)C(O)(NC(=O)C(F)(F)F)C(F)(F)F. The number of amides is 1. The molecule has 0 radical (unpaired) electrons. The summed E-state index contributed by atoms with van der Waals surface area (Å²) in [7, 11) is 0. The molecule has 0 bridgehead atoms. The Morgan fingerprint density at radius 1 is 1.17 bits per heavy atom. The highest BCUT2D eigenvalue weighted by atomic mass is 19.4. The van der Waals surface area contributed by atoms with Gasteiger partial charge in [-0.2, -0.15) is 26.3 Å². The molecular weight excluding hydrogens is 276 g/mol. The largest absolute Gasteiger partial charge is 0.471 e. The molecule has 5 nitrogen and oxygen atoms in total. The molecule has 0 aliphatic carbocycles. The van der Waals surface area contributed by atoms with E-state index in [2.05, 4.69) is 4.74 Å². The van der Waals surface area contributed by atoms with Crippen molar-refractivity contribution in [3.8, 4) is 0 Å². The topological polar surface area (TPSA) is 75.6 Å². The van der Waals surface area contributed by atoms with Crippen molar-refractivity contribution >= 4 is 11.9 Å². The van der Waals surface area contributed by atoms with Crippen molar-refractivity contribution in [2.45, 2.75) is 25.0 Å². The van der Waals surface area contributed by atoms with Crippen molar-refractivity contribution in [3.05, 3.63) is 0 Å². The third kappa shape index (κ3) is 3.48. The maximum Gasteiger partial charge on any atom is 0.471 e. The zero-order valence-corrected chi connectivity index (χ0v) is 8.65. The lowest BCUT2D eigenvalue weighted by molar-refractivity contribution is -0.274. The fourth-order valence-corrected chi connectivity index (χ4v) is 0.708.